The molecule has 102 valence electrons. The van der Waals surface area contributed by atoms with Crippen LogP contribution in [0.25, 0.3) is 5.57 Å². The third-order valence-electron chi connectivity index (χ3n) is 3.67. The van der Waals surface area contributed by atoms with Gasteiger partial charge in [0.25, 0.3) is 0 Å². The first-order valence-electron chi connectivity index (χ1n) is 7.06. The fraction of sp³-hybridized carbons (Fsp3) is 0.500. The number of hydrogen-bond donors (Lipinski definition) is 0. The van der Waals surface area contributed by atoms with Gasteiger partial charge in [-0.15, -0.1) is 0 Å². The number of likely N-dealkylation sites (N-methyl/N-ethyl adjacent to an activating group) is 1. The van der Waals surface area contributed by atoms with Crippen LogP contribution in [0, 0.1) is 0 Å². The minimum atomic E-state index is 0.914. The molecule has 2 heterocycles. The lowest BCUT2D eigenvalue weighted by Crippen LogP contribution is -2.24. The zero-order valence-electron chi connectivity index (χ0n) is 12.1. The molecule has 0 spiro atoms. The molecule has 3 heteroatoms. The van der Waals surface area contributed by atoms with E-state index in [1.807, 2.05) is 0 Å². The summed E-state index contributed by atoms with van der Waals surface area (Å²) in [4.78, 5) is 8.18. The molecule has 0 aromatic carbocycles. The van der Waals surface area contributed by atoms with E-state index in [9.17, 15) is 0 Å². The minimum absolute atomic E-state index is 0.914. The van der Waals surface area contributed by atoms with Crippen molar-refractivity contribution in [3.63, 3.8) is 0 Å². The predicted octanol–water partition coefficient (Wildman–Crippen LogP) is 3.49. The van der Waals surface area contributed by atoms with Gasteiger partial charge in [-0.2, -0.15) is 0 Å². The van der Waals surface area contributed by atoms with Gasteiger partial charge in [0.1, 0.15) is 0 Å². The lowest BCUT2D eigenvalue weighted by atomic mass is 10.0. The van der Waals surface area contributed by atoms with Gasteiger partial charge in [-0.3, -0.25) is 4.98 Å². The Morgan fingerprint density at radius 3 is 2.74 bits per heavy atom. The van der Waals surface area contributed by atoms with E-state index >= 15 is 0 Å². The molecule has 0 N–H and O–H groups in total. The Labute approximate surface area is 121 Å². The first-order valence-corrected chi connectivity index (χ1v) is 7.47. The Kier molecular flexibility index (Phi) is 4.83. The second kappa shape index (κ2) is 6.40. The van der Waals surface area contributed by atoms with Crippen LogP contribution in [-0.4, -0.2) is 34.9 Å². The van der Waals surface area contributed by atoms with E-state index in [1.54, 1.807) is 0 Å². The Hall–Kier alpha value is -1.06. The van der Waals surface area contributed by atoms with Crippen molar-refractivity contribution in [3.8, 4) is 0 Å². The highest BCUT2D eigenvalue weighted by Gasteiger charge is 2.13. The molecule has 0 fully saturated rings. The van der Waals surface area contributed by atoms with Gasteiger partial charge in [-0.1, -0.05) is 32.1 Å². The van der Waals surface area contributed by atoms with Crippen molar-refractivity contribution in [1.82, 2.24) is 9.88 Å². The number of pyridine rings is 1. The molecule has 19 heavy (non-hydrogen) atoms. The molecule has 0 atom stereocenters. The highest BCUT2D eigenvalue weighted by molar-refractivity contribution is 7.80. The molecule has 1 aliphatic rings. The summed E-state index contributed by atoms with van der Waals surface area (Å²) >= 11 is 5.43. The Balaban J connectivity index is 2.31. The van der Waals surface area contributed by atoms with E-state index < -0.39 is 0 Å². The zero-order valence-corrected chi connectivity index (χ0v) is 12.9. The van der Waals surface area contributed by atoms with Gasteiger partial charge in [0, 0.05) is 29.2 Å². The van der Waals surface area contributed by atoms with Crippen LogP contribution in [0.1, 0.15) is 43.6 Å². The van der Waals surface area contributed by atoms with Crippen LogP contribution < -0.4 is 0 Å². The van der Waals surface area contributed by atoms with Crippen molar-refractivity contribution >= 4 is 22.7 Å². The average molecular weight is 274 g/mol. The molecule has 2 nitrogen and oxygen atoms in total. The molecule has 1 aromatic heterocycles. The van der Waals surface area contributed by atoms with Crippen LogP contribution in [0.2, 0.25) is 0 Å². The lowest BCUT2D eigenvalue weighted by Gasteiger charge is -2.22. The van der Waals surface area contributed by atoms with Crippen LogP contribution in [-0.2, 0) is 6.42 Å². The quantitative estimate of drug-likeness (QED) is 0.617. The topological polar surface area (TPSA) is 16.1 Å². The van der Waals surface area contributed by atoms with E-state index in [1.165, 1.54) is 5.57 Å². The summed E-state index contributed by atoms with van der Waals surface area (Å²) in [6.45, 7) is 6.39. The monoisotopic (exact) mass is 274 g/mol. The number of thiocarbonyl (C=S) groups is 1. The van der Waals surface area contributed by atoms with Gasteiger partial charge in [0.2, 0.25) is 0 Å². The Bertz CT molecular complexity index is 505. The largest absolute Gasteiger partial charge is 0.302 e. The third-order valence-corrected chi connectivity index (χ3v) is 4.18. The highest BCUT2D eigenvalue weighted by Crippen LogP contribution is 2.22. The molecule has 0 aliphatic carbocycles. The summed E-state index contributed by atoms with van der Waals surface area (Å²) in [6, 6.07) is 4.29. The smallest absolute Gasteiger partial charge is 0.0663 e. The van der Waals surface area contributed by atoms with Crippen molar-refractivity contribution in [1.29, 1.82) is 0 Å². The Morgan fingerprint density at radius 1 is 1.37 bits per heavy atom. The molecule has 1 aromatic rings. The van der Waals surface area contributed by atoms with E-state index in [0.29, 0.717) is 0 Å². The summed E-state index contributed by atoms with van der Waals surface area (Å²) in [6.07, 6.45) is 5.24. The van der Waals surface area contributed by atoms with Gasteiger partial charge >= 0.3 is 0 Å². The van der Waals surface area contributed by atoms with Crippen molar-refractivity contribution in [2.24, 2.45) is 0 Å². The minimum Gasteiger partial charge on any atom is -0.302 e. The standard InChI is InChI=1S/C16H22N2S/c1-4-14-13(16(19)5-2)6-7-15(17-14)12-8-10-18(3)11-9-12/h6-8H,4-5,9-11H2,1-3H3. The Morgan fingerprint density at radius 2 is 2.16 bits per heavy atom. The van der Waals surface area contributed by atoms with E-state index in [-0.39, 0.29) is 0 Å². The SMILES string of the molecule is CCC(=S)c1ccc(C2=CCN(C)CC2)nc1CC. The van der Waals surface area contributed by atoms with Crippen LogP contribution in [0.5, 0.6) is 0 Å². The molecule has 2 rings (SSSR count). The average Bonchev–Trinajstić information content (AvgIpc) is 2.46. The maximum absolute atomic E-state index is 5.43. The molecule has 0 radical (unpaired) electrons. The van der Waals surface area contributed by atoms with Crippen LogP contribution in [0.3, 0.4) is 0 Å². The molecule has 0 amide bonds. The first-order chi connectivity index (χ1) is 9.15. The van der Waals surface area contributed by atoms with E-state index in [2.05, 4.69) is 44.0 Å². The number of aryl methyl sites for hydroxylation is 1. The second-order valence-corrected chi connectivity index (χ2v) is 5.56. The molecule has 0 saturated carbocycles. The summed E-state index contributed by atoms with van der Waals surface area (Å²) in [5, 5.41) is 0. The summed E-state index contributed by atoms with van der Waals surface area (Å²) in [5.41, 5.74) is 4.82. The van der Waals surface area contributed by atoms with Gasteiger partial charge in [0.05, 0.1) is 5.69 Å². The number of nitrogens with zero attached hydrogens (tertiary/aromatic N) is 2. The van der Waals surface area contributed by atoms with Gasteiger partial charge in [-0.25, -0.2) is 0 Å². The summed E-state index contributed by atoms with van der Waals surface area (Å²) < 4.78 is 0. The lowest BCUT2D eigenvalue weighted by molar-refractivity contribution is 0.369. The van der Waals surface area contributed by atoms with E-state index in [4.69, 9.17) is 17.2 Å². The fourth-order valence-corrected chi connectivity index (χ4v) is 2.58. The zero-order chi connectivity index (χ0) is 13.8. The van der Waals surface area contributed by atoms with Crippen molar-refractivity contribution in [3.05, 3.63) is 35.2 Å². The van der Waals surface area contributed by atoms with Crippen molar-refractivity contribution < 1.29 is 0 Å². The normalized spacial score (nSPS) is 16.3. The summed E-state index contributed by atoms with van der Waals surface area (Å²) in [5.74, 6) is 0. The molecule has 0 saturated heterocycles. The van der Waals surface area contributed by atoms with Gasteiger partial charge in [-0.05, 0) is 44.0 Å². The number of rotatable bonds is 4. The third kappa shape index (κ3) is 3.28. The number of hydrogen-bond acceptors (Lipinski definition) is 3. The first kappa shape index (κ1) is 14.4. The highest BCUT2D eigenvalue weighted by atomic mass is 32.1. The molecular formula is C16H22N2S. The molecular weight excluding hydrogens is 252 g/mol. The van der Waals surface area contributed by atoms with Gasteiger partial charge in [0.15, 0.2) is 0 Å². The van der Waals surface area contributed by atoms with Crippen LogP contribution >= 0.6 is 12.2 Å². The van der Waals surface area contributed by atoms with Crippen molar-refractivity contribution in [2.45, 2.75) is 33.1 Å². The second-order valence-electron chi connectivity index (χ2n) is 5.06. The van der Waals surface area contributed by atoms with Crippen LogP contribution in [0.4, 0.5) is 0 Å². The maximum atomic E-state index is 5.43. The predicted molar refractivity (Wildman–Crippen MR) is 85.7 cm³/mol. The summed E-state index contributed by atoms with van der Waals surface area (Å²) in [7, 11) is 2.15. The number of aromatic nitrogens is 1. The van der Waals surface area contributed by atoms with Crippen LogP contribution in [0.15, 0.2) is 18.2 Å². The molecule has 0 unspecified atom stereocenters. The van der Waals surface area contributed by atoms with Gasteiger partial charge < -0.3 is 4.90 Å². The fourth-order valence-electron chi connectivity index (χ4n) is 2.40. The molecule has 1 aliphatic heterocycles. The maximum Gasteiger partial charge on any atom is 0.0663 e. The van der Waals surface area contributed by atoms with Crippen molar-refractivity contribution in [2.75, 3.05) is 20.1 Å². The molecule has 0 bridgehead atoms. The van der Waals surface area contributed by atoms with E-state index in [0.717, 1.165) is 54.2 Å².